The third kappa shape index (κ3) is 8.92. The second-order valence-corrected chi connectivity index (χ2v) is 8.88. The molecule has 0 aromatic heterocycles. The van der Waals surface area contributed by atoms with Crippen LogP contribution in [0.5, 0.6) is 0 Å². The minimum Gasteiger partial charge on any atom is -0.458 e. The summed E-state index contributed by atoms with van der Waals surface area (Å²) in [5.41, 5.74) is 35.0. The quantitative estimate of drug-likeness (QED) is 0.0814. The number of halogens is 1. The number of nitrogens with zero attached hydrogens (tertiary/aromatic N) is 12. The number of hydrogen-bond donors (Lipinski definition) is 0. The van der Waals surface area contributed by atoms with E-state index in [9.17, 15) is 30.2 Å². The highest BCUT2D eigenvalue weighted by molar-refractivity contribution is 6.61. The minimum atomic E-state index is -1.76. The maximum atomic E-state index is 12.0. The van der Waals surface area contributed by atoms with Crippen LogP contribution in [-0.2, 0) is 42.8 Å². The maximum absolute atomic E-state index is 12.0. The first-order valence-corrected chi connectivity index (χ1v) is 12.2. The minimum absolute atomic E-state index is 0.308. The summed E-state index contributed by atoms with van der Waals surface area (Å²) in [6.45, 7) is 2.56. The van der Waals surface area contributed by atoms with Crippen LogP contribution in [-0.4, -0.2) is 90.9 Å². The highest BCUT2D eigenvalue weighted by atomic mass is 35.5. The molecule has 10 atom stereocenters. The molecule has 2 aliphatic rings. The number of ether oxygens (including phenoxy) is 6. The number of azide groups is 4. The number of rotatable bonds is 11. The molecular formula is C19H23ClN12O10. The van der Waals surface area contributed by atoms with Gasteiger partial charge in [-0.05, 0) is 28.5 Å². The zero-order chi connectivity index (χ0) is 31.4. The fourth-order valence-corrected chi connectivity index (χ4v) is 4.61. The highest BCUT2D eigenvalue weighted by Gasteiger charge is 2.55. The van der Waals surface area contributed by atoms with E-state index >= 15 is 0 Å². The molecule has 2 rings (SSSR count). The summed E-state index contributed by atoms with van der Waals surface area (Å²) in [6, 6.07) is -4.18. The number of esters is 3. The average molecular weight is 615 g/mol. The summed E-state index contributed by atoms with van der Waals surface area (Å²) in [5.74, 6) is -2.64. The molecule has 0 aromatic carbocycles. The van der Waals surface area contributed by atoms with Crippen LogP contribution in [0.25, 0.3) is 41.8 Å². The second-order valence-electron chi connectivity index (χ2n) is 8.58. The van der Waals surface area contributed by atoms with Crippen molar-refractivity contribution in [2.24, 2.45) is 20.5 Å². The topological polar surface area (TPSA) is 319 Å². The summed E-state index contributed by atoms with van der Waals surface area (Å²) in [4.78, 5) is 58.3. The fourth-order valence-electron chi connectivity index (χ4n) is 4.51. The first kappa shape index (κ1) is 33.5. The molecule has 1 heterocycles. The Morgan fingerprint density at radius 3 is 1.76 bits per heavy atom. The lowest BCUT2D eigenvalue weighted by molar-refractivity contribution is -0.291. The monoisotopic (exact) mass is 614 g/mol. The van der Waals surface area contributed by atoms with E-state index in [-0.39, 0.29) is 6.42 Å². The lowest BCUT2D eigenvalue weighted by Crippen LogP contribution is -2.64. The zero-order valence-corrected chi connectivity index (χ0v) is 22.8. The molecule has 2 fully saturated rings. The van der Waals surface area contributed by atoms with Crippen LogP contribution < -0.4 is 0 Å². The summed E-state index contributed by atoms with van der Waals surface area (Å²) in [5, 5.41) is 14.1. The van der Waals surface area contributed by atoms with E-state index in [1.54, 1.807) is 0 Å². The van der Waals surface area contributed by atoms with Crippen molar-refractivity contribution in [3.63, 3.8) is 0 Å². The van der Waals surface area contributed by atoms with Gasteiger partial charge >= 0.3 is 23.3 Å². The lowest BCUT2D eigenvalue weighted by atomic mass is 9.84. The number of carbonyl (C=O) groups is 4. The molecule has 1 saturated heterocycles. The molecule has 0 amide bonds. The lowest BCUT2D eigenvalue weighted by Gasteiger charge is -2.47. The summed E-state index contributed by atoms with van der Waals surface area (Å²) >= 11 is 5.46. The van der Waals surface area contributed by atoms with Gasteiger partial charge in [-0.15, -0.1) is 0 Å². The van der Waals surface area contributed by atoms with Crippen LogP contribution in [0.15, 0.2) is 20.5 Å². The molecule has 0 N–H and O–H groups in total. The first-order chi connectivity index (χ1) is 20.0. The summed E-state index contributed by atoms with van der Waals surface area (Å²) in [6.07, 6.45) is -11.3. The molecule has 1 aliphatic carbocycles. The summed E-state index contributed by atoms with van der Waals surface area (Å²) in [7, 11) is 0. The van der Waals surface area contributed by atoms with Crippen LogP contribution >= 0.6 is 11.6 Å². The largest absolute Gasteiger partial charge is 0.458 e. The fraction of sp³-hybridized carbons (Fsp3) is 0.789. The van der Waals surface area contributed by atoms with Crippen molar-refractivity contribution in [1.82, 2.24) is 0 Å². The molecular weight excluding hydrogens is 592 g/mol. The van der Waals surface area contributed by atoms with Gasteiger partial charge in [0.1, 0.15) is 24.4 Å². The maximum Gasteiger partial charge on any atom is 0.404 e. The molecule has 0 aromatic rings. The summed E-state index contributed by atoms with van der Waals surface area (Å²) < 4.78 is 32.8. The van der Waals surface area contributed by atoms with Gasteiger partial charge in [0.2, 0.25) is 0 Å². The Bertz CT molecular complexity index is 1250. The van der Waals surface area contributed by atoms with E-state index in [4.69, 9.17) is 51.1 Å². The third-order valence-electron chi connectivity index (χ3n) is 5.84. The van der Waals surface area contributed by atoms with Gasteiger partial charge in [0.15, 0.2) is 24.6 Å². The van der Waals surface area contributed by atoms with Crippen molar-refractivity contribution in [3.8, 4) is 0 Å². The van der Waals surface area contributed by atoms with Crippen molar-refractivity contribution >= 4 is 34.9 Å². The Kier molecular flexibility index (Phi) is 12.7. The van der Waals surface area contributed by atoms with Gasteiger partial charge in [0.25, 0.3) is 0 Å². The highest BCUT2D eigenvalue weighted by Crippen LogP contribution is 2.37. The molecule has 226 valence electrons. The van der Waals surface area contributed by atoms with Gasteiger partial charge in [0.05, 0.1) is 18.6 Å². The molecule has 22 nitrogen and oxygen atoms in total. The van der Waals surface area contributed by atoms with Crippen LogP contribution in [0.3, 0.4) is 0 Å². The molecule has 0 bridgehead atoms. The normalized spacial score (nSPS) is 31.7. The number of hydrogen-bond acceptors (Lipinski definition) is 14. The van der Waals surface area contributed by atoms with Crippen LogP contribution in [0, 0.1) is 0 Å². The van der Waals surface area contributed by atoms with Gasteiger partial charge in [-0.2, -0.15) is 0 Å². The van der Waals surface area contributed by atoms with E-state index in [1.165, 1.54) is 0 Å². The van der Waals surface area contributed by atoms with Crippen molar-refractivity contribution < 1.29 is 47.6 Å². The molecule has 0 unspecified atom stereocenters. The smallest absolute Gasteiger partial charge is 0.404 e. The molecule has 42 heavy (non-hydrogen) atoms. The Balaban J connectivity index is 2.69. The van der Waals surface area contributed by atoms with Crippen LogP contribution in [0.2, 0.25) is 0 Å². The van der Waals surface area contributed by atoms with E-state index in [2.05, 4.69) is 40.1 Å². The van der Waals surface area contributed by atoms with Crippen molar-refractivity contribution in [2.75, 3.05) is 6.54 Å². The van der Waals surface area contributed by atoms with Gasteiger partial charge in [-0.3, -0.25) is 14.4 Å². The second kappa shape index (κ2) is 15.9. The van der Waals surface area contributed by atoms with E-state index in [0.29, 0.717) is 0 Å². The Labute approximate surface area is 239 Å². The van der Waals surface area contributed by atoms with Gasteiger partial charge < -0.3 is 28.4 Å². The molecule has 0 spiro atoms. The van der Waals surface area contributed by atoms with E-state index in [0.717, 1.165) is 20.8 Å². The van der Waals surface area contributed by atoms with Gasteiger partial charge in [-0.1, -0.05) is 20.5 Å². The van der Waals surface area contributed by atoms with Crippen molar-refractivity contribution in [2.45, 2.75) is 88.2 Å². The van der Waals surface area contributed by atoms with Gasteiger partial charge in [-0.25, -0.2) is 4.79 Å². The van der Waals surface area contributed by atoms with Crippen molar-refractivity contribution in [1.29, 1.82) is 0 Å². The molecule has 1 aliphatic heterocycles. The van der Waals surface area contributed by atoms with E-state index < -0.39 is 90.9 Å². The molecule has 23 heteroatoms. The standard InChI is InChI=1S/C19H23ClN12O10/c1-6(33)37-13-9(26-30-22)4-10(27-31-23)14(17(13)42-19(20)36)41-18-12(28-32-24)16(39-8(3)35)15(38-7(2)34)11(40-18)5-25-29-21/h9-18H,4-5H2,1-3H3/t9-,10+,11-,12-,13+,14-,15-,16-,17-,18-/m1/s1. The number of carbonyl (C=O) groups excluding carboxylic acids is 4. The van der Waals surface area contributed by atoms with Crippen LogP contribution in [0.1, 0.15) is 27.2 Å². The first-order valence-electron chi connectivity index (χ1n) is 11.8. The van der Waals surface area contributed by atoms with E-state index in [1.807, 2.05) is 0 Å². The Morgan fingerprint density at radius 2 is 1.26 bits per heavy atom. The molecule has 0 radical (unpaired) electrons. The molecule has 1 saturated carbocycles. The Morgan fingerprint density at radius 1 is 0.738 bits per heavy atom. The van der Waals surface area contributed by atoms with Crippen LogP contribution in [0.4, 0.5) is 4.79 Å². The third-order valence-corrected chi connectivity index (χ3v) is 5.93. The van der Waals surface area contributed by atoms with Gasteiger partial charge in [0, 0.05) is 52.0 Å². The zero-order valence-electron chi connectivity index (χ0n) is 22.0. The van der Waals surface area contributed by atoms with Crippen molar-refractivity contribution in [3.05, 3.63) is 41.8 Å². The SMILES string of the molecule is CC(=O)O[C@@H]1[C@@H](N=[N+]=[N-])[C@@H](O[C@H]2[C@H](OC(=O)Cl)[C@@H](OC(C)=O)[C@H](N=[N+]=[N-])C[C@@H]2N=[N+]=[N-])O[C@H](CN=[N+]=[N-])[C@H]1OC(C)=O. The Hall–Kier alpha value is -4.67. The predicted octanol–water partition coefficient (Wildman–Crippen LogP) is 3.39. The average Bonchev–Trinajstić information content (AvgIpc) is 2.89. The predicted molar refractivity (Wildman–Crippen MR) is 134 cm³/mol.